The monoisotopic (exact) mass is 602 g/mol. The predicted octanol–water partition coefficient (Wildman–Crippen LogP) is 5.53. The summed E-state index contributed by atoms with van der Waals surface area (Å²) in [4.78, 5) is 37.0. The van der Waals surface area contributed by atoms with Crippen molar-refractivity contribution in [1.29, 1.82) is 0 Å². The summed E-state index contributed by atoms with van der Waals surface area (Å²) in [5, 5.41) is 7.85. The Kier molecular flexibility index (Phi) is 9.43. The van der Waals surface area contributed by atoms with Gasteiger partial charge in [-0.2, -0.15) is 0 Å². The van der Waals surface area contributed by atoms with E-state index in [0.29, 0.717) is 49.2 Å². The number of H-pyrrole nitrogens is 1. The third-order valence-electron chi connectivity index (χ3n) is 7.95. The molecule has 226 valence electrons. The fraction of sp³-hybridized carbons (Fsp3) is 0.333. The Hall–Kier alpha value is -4.21. The molecule has 3 amide bonds. The number of amides is 3. The van der Waals surface area contributed by atoms with Crippen molar-refractivity contribution in [2.75, 3.05) is 57.6 Å². The van der Waals surface area contributed by atoms with Crippen molar-refractivity contribution in [3.05, 3.63) is 89.1 Å². The number of fused-ring (bicyclic) bond motifs is 1. The number of aromatic nitrogens is 1. The number of hydrogen-bond donors (Lipinski definition) is 3. The number of carbonyl (C=O) groups is 2. The minimum absolute atomic E-state index is 0.268. The van der Waals surface area contributed by atoms with Crippen LogP contribution >= 0.6 is 11.6 Å². The zero-order chi connectivity index (χ0) is 30.5. The summed E-state index contributed by atoms with van der Waals surface area (Å²) in [6.07, 6.45) is 1.92. The molecule has 0 saturated carbocycles. The molecule has 0 radical (unpaired) electrons. The zero-order valence-electron chi connectivity index (χ0n) is 25.1. The van der Waals surface area contributed by atoms with E-state index in [1.54, 1.807) is 12.0 Å². The Morgan fingerprint density at radius 3 is 2.44 bits per heavy atom. The quantitative estimate of drug-likeness (QED) is 0.234. The number of hydrogen-bond acceptors (Lipinski definition) is 5. The van der Waals surface area contributed by atoms with Crippen molar-refractivity contribution in [2.24, 2.45) is 0 Å². The maximum Gasteiger partial charge on any atom is 0.318 e. The van der Waals surface area contributed by atoms with Crippen molar-refractivity contribution in [1.82, 2.24) is 20.1 Å². The molecule has 1 aliphatic rings. The Labute approximate surface area is 257 Å². The number of nitrogens with one attached hydrogen (secondary N) is 3. The van der Waals surface area contributed by atoms with E-state index in [9.17, 15) is 9.59 Å². The number of methoxy groups -OCH3 is 1. The molecular formula is C33H39ClN6O3. The Morgan fingerprint density at radius 2 is 1.74 bits per heavy atom. The van der Waals surface area contributed by atoms with Gasteiger partial charge in [0.15, 0.2) is 0 Å². The summed E-state index contributed by atoms with van der Waals surface area (Å²) in [5.41, 5.74) is 4.60. The lowest BCUT2D eigenvalue weighted by Crippen LogP contribution is -2.56. The molecule has 1 fully saturated rings. The van der Waals surface area contributed by atoms with Crippen LogP contribution in [0.4, 0.5) is 16.2 Å². The summed E-state index contributed by atoms with van der Waals surface area (Å²) in [6, 6.07) is 20.3. The molecule has 2 heterocycles. The van der Waals surface area contributed by atoms with E-state index >= 15 is 0 Å². The lowest BCUT2D eigenvalue weighted by atomic mass is 9.92. The van der Waals surface area contributed by atoms with Gasteiger partial charge in [-0.15, -0.1) is 0 Å². The van der Waals surface area contributed by atoms with Gasteiger partial charge in [0.1, 0.15) is 11.8 Å². The first-order valence-electron chi connectivity index (χ1n) is 14.5. The van der Waals surface area contributed by atoms with Crippen LogP contribution in [0.1, 0.15) is 24.0 Å². The summed E-state index contributed by atoms with van der Waals surface area (Å²) < 4.78 is 5.56. The van der Waals surface area contributed by atoms with Gasteiger partial charge in [0.2, 0.25) is 5.91 Å². The van der Waals surface area contributed by atoms with Crippen molar-refractivity contribution in [2.45, 2.75) is 25.4 Å². The molecule has 9 nitrogen and oxygen atoms in total. The van der Waals surface area contributed by atoms with Gasteiger partial charge in [-0.05, 0) is 67.7 Å². The molecule has 1 saturated heterocycles. The van der Waals surface area contributed by atoms with Crippen LogP contribution in [-0.4, -0.2) is 80.1 Å². The standard InChI is InChI=1S/C33H39ClN6O3/c1-22(27-20-35-28-8-6-5-7-26(27)28)31(32(41)36-29-19-23(21-38(2)3)9-14-30(29)43-4)37-33(42)40-17-15-39(16-18-40)25-12-10-24(34)11-13-25/h5-14,19-20,22,31,35H,15-18,21H2,1-4H3,(H,36,41)(H,37,42)/t22-,31-/m1/s1. The molecular weight excluding hydrogens is 564 g/mol. The van der Waals surface area contributed by atoms with Crippen molar-refractivity contribution < 1.29 is 14.3 Å². The van der Waals surface area contributed by atoms with Crippen LogP contribution in [0.25, 0.3) is 10.9 Å². The van der Waals surface area contributed by atoms with E-state index < -0.39 is 6.04 Å². The smallest absolute Gasteiger partial charge is 0.318 e. The highest BCUT2D eigenvalue weighted by atomic mass is 35.5. The van der Waals surface area contributed by atoms with Crippen LogP contribution in [-0.2, 0) is 11.3 Å². The molecule has 5 rings (SSSR count). The Morgan fingerprint density at radius 1 is 1.02 bits per heavy atom. The van der Waals surface area contributed by atoms with Crippen LogP contribution in [0.3, 0.4) is 0 Å². The molecule has 2 atom stereocenters. The van der Waals surface area contributed by atoms with Gasteiger partial charge in [0, 0.05) is 66.5 Å². The number of nitrogens with zero attached hydrogens (tertiary/aromatic N) is 3. The maximum absolute atomic E-state index is 14.0. The summed E-state index contributed by atoms with van der Waals surface area (Å²) in [7, 11) is 5.56. The molecule has 0 bridgehead atoms. The molecule has 3 aromatic carbocycles. The second kappa shape index (κ2) is 13.4. The topological polar surface area (TPSA) is 92.9 Å². The maximum atomic E-state index is 14.0. The average molecular weight is 603 g/mol. The highest BCUT2D eigenvalue weighted by Crippen LogP contribution is 2.31. The first-order valence-corrected chi connectivity index (χ1v) is 14.9. The number of piperazine rings is 1. The number of carbonyl (C=O) groups excluding carboxylic acids is 2. The minimum Gasteiger partial charge on any atom is -0.495 e. The molecule has 4 aromatic rings. The number of rotatable bonds is 9. The fourth-order valence-corrected chi connectivity index (χ4v) is 5.76. The van der Waals surface area contributed by atoms with E-state index in [4.69, 9.17) is 16.3 Å². The minimum atomic E-state index is -0.844. The molecule has 0 spiro atoms. The molecule has 10 heteroatoms. The van der Waals surface area contributed by atoms with E-state index in [-0.39, 0.29) is 17.9 Å². The van der Waals surface area contributed by atoms with E-state index in [0.717, 1.165) is 27.7 Å². The summed E-state index contributed by atoms with van der Waals surface area (Å²) in [5.74, 6) is -0.0864. The number of para-hydroxylation sites is 1. The molecule has 1 aromatic heterocycles. The highest BCUT2D eigenvalue weighted by molar-refractivity contribution is 6.30. The molecule has 3 N–H and O–H groups in total. The van der Waals surface area contributed by atoms with Crippen LogP contribution in [0.15, 0.2) is 72.9 Å². The van der Waals surface area contributed by atoms with Gasteiger partial charge >= 0.3 is 6.03 Å². The number of aromatic amines is 1. The molecule has 1 aliphatic heterocycles. The first-order chi connectivity index (χ1) is 20.7. The highest BCUT2D eigenvalue weighted by Gasteiger charge is 2.32. The fourth-order valence-electron chi connectivity index (χ4n) is 5.64. The van der Waals surface area contributed by atoms with Crippen LogP contribution < -0.4 is 20.3 Å². The average Bonchev–Trinajstić information content (AvgIpc) is 3.44. The molecule has 43 heavy (non-hydrogen) atoms. The van der Waals surface area contributed by atoms with Crippen LogP contribution in [0, 0.1) is 0 Å². The number of halogens is 1. The van der Waals surface area contributed by atoms with E-state index in [1.165, 1.54) is 0 Å². The number of benzene rings is 3. The van der Waals surface area contributed by atoms with Crippen molar-refractivity contribution in [3.63, 3.8) is 0 Å². The largest absolute Gasteiger partial charge is 0.495 e. The van der Waals surface area contributed by atoms with Crippen molar-refractivity contribution in [3.8, 4) is 5.75 Å². The molecule has 0 aliphatic carbocycles. The van der Waals surface area contributed by atoms with Gasteiger partial charge in [0.05, 0.1) is 12.8 Å². The third kappa shape index (κ3) is 7.06. The Bertz CT molecular complexity index is 1560. The Balaban J connectivity index is 1.37. The van der Waals surface area contributed by atoms with E-state index in [2.05, 4.69) is 25.4 Å². The lowest BCUT2D eigenvalue weighted by molar-refractivity contribution is -0.118. The number of urea groups is 1. The second-order valence-electron chi connectivity index (χ2n) is 11.2. The first kappa shape index (κ1) is 30.3. The summed E-state index contributed by atoms with van der Waals surface area (Å²) in [6.45, 7) is 5.11. The summed E-state index contributed by atoms with van der Waals surface area (Å²) >= 11 is 6.06. The molecule has 0 unspecified atom stereocenters. The van der Waals surface area contributed by atoms with Gasteiger partial charge < -0.3 is 35.1 Å². The van der Waals surface area contributed by atoms with Gasteiger partial charge in [-0.1, -0.05) is 42.8 Å². The predicted molar refractivity (Wildman–Crippen MR) is 173 cm³/mol. The lowest BCUT2D eigenvalue weighted by Gasteiger charge is -2.37. The second-order valence-corrected chi connectivity index (χ2v) is 11.7. The van der Waals surface area contributed by atoms with Crippen molar-refractivity contribution >= 4 is 45.8 Å². The van der Waals surface area contributed by atoms with Gasteiger partial charge in [-0.25, -0.2) is 4.79 Å². The van der Waals surface area contributed by atoms with Crippen LogP contribution in [0.2, 0.25) is 5.02 Å². The van der Waals surface area contributed by atoms with Gasteiger partial charge in [0.25, 0.3) is 0 Å². The number of anilines is 2. The van der Waals surface area contributed by atoms with Gasteiger partial charge in [-0.3, -0.25) is 4.79 Å². The normalized spacial score (nSPS) is 14.9. The SMILES string of the molecule is COc1ccc(CN(C)C)cc1NC(=O)[C@H](NC(=O)N1CCN(c2ccc(Cl)cc2)CC1)[C@H](C)c1c[nH]c2ccccc12. The number of ether oxygens (including phenoxy) is 1. The van der Waals surface area contributed by atoms with E-state index in [1.807, 2.05) is 93.9 Å². The third-order valence-corrected chi connectivity index (χ3v) is 8.20. The zero-order valence-corrected chi connectivity index (χ0v) is 25.8. The van der Waals surface area contributed by atoms with Crippen LogP contribution in [0.5, 0.6) is 5.75 Å².